The number of epoxide rings is 1. The summed E-state index contributed by atoms with van der Waals surface area (Å²) in [6.45, 7) is 4.56. The lowest BCUT2D eigenvalue weighted by Crippen LogP contribution is -2.57. The summed E-state index contributed by atoms with van der Waals surface area (Å²) in [5.74, 6) is -1.72. The van der Waals surface area contributed by atoms with E-state index in [1.165, 1.54) is 19.9 Å². The molecular formula is C21H22O7. The van der Waals surface area contributed by atoms with Gasteiger partial charge in [-0.3, -0.25) is 14.4 Å². The molecule has 1 fully saturated rings. The Morgan fingerprint density at radius 3 is 2.68 bits per heavy atom. The summed E-state index contributed by atoms with van der Waals surface area (Å²) in [5, 5.41) is 9.31. The number of carbonyl (C=O) groups excluding carboxylic acids is 3. The van der Waals surface area contributed by atoms with Crippen molar-refractivity contribution in [3.63, 3.8) is 0 Å². The number of aliphatic hydroxyl groups excluding tert-OH is 1. The summed E-state index contributed by atoms with van der Waals surface area (Å²) >= 11 is 0. The summed E-state index contributed by atoms with van der Waals surface area (Å²) < 4.78 is 16.3. The minimum atomic E-state index is -2.01. The summed E-state index contributed by atoms with van der Waals surface area (Å²) in [6, 6.07) is 0. The Labute approximate surface area is 162 Å². The van der Waals surface area contributed by atoms with Gasteiger partial charge in [0.25, 0.3) is 0 Å². The Balaban J connectivity index is 1.85. The molecule has 7 heteroatoms. The zero-order chi connectivity index (χ0) is 20.5. The molecule has 1 saturated heterocycles. The molecule has 1 spiro atoms. The first-order chi connectivity index (χ1) is 13.2. The third-order valence-corrected chi connectivity index (χ3v) is 4.63. The number of carbonyl (C=O) groups is 3. The highest BCUT2D eigenvalue weighted by Crippen LogP contribution is 2.54. The fourth-order valence-electron chi connectivity index (χ4n) is 3.13. The maximum atomic E-state index is 13.0. The van der Waals surface area contributed by atoms with Crippen LogP contribution in [-0.2, 0) is 28.6 Å². The van der Waals surface area contributed by atoms with Crippen molar-refractivity contribution >= 4 is 17.5 Å². The molecule has 148 valence electrons. The van der Waals surface area contributed by atoms with Crippen LogP contribution in [0.25, 0.3) is 0 Å². The smallest absolute Gasteiger partial charge is 0.309 e. The Hall–Kier alpha value is -2.77. The molecule has 0 amide bonds. The Morgan fingerprint density at radius 1 is 1.29 bits per heavy atom. The second kappa shape index (κ2) is 7.33. The molecule has 4 atom stereocenters. The van der Waals surface area contributed by atoms with Gasteiger partial charge in [-0.2, -0.15) is 0 Å². The molecule has 0 radical (unpaired) electrons. The van der Waals surface area contributed by atoms with Gasteiger partial charge in [-0.05, 0) is 39.0 Å². The zero-order valence-corrected chi connectivity index (χ0v) is 15.9. The van der Waals surface area contributed by atoms with Crippen LogP contribution in [0.1, 0.15) is 27.2 Å². The van der Waals surface area contributed by atoms with Crippen LogP contribution in [0, 0.1) is 0 Å². The van der Waals surface area contributed by atoms with E-state index < -0.39 is 41.1 Å². The first-order valence-electron chi connectivity index (χ1n) is 8.97. The van der Waals surface area contributed by atoms with Crippen molar-refractivity contribution in [3.8, 4) is 0 Å². The zero-order valence-electron chi connectivity index (χ0n) is 15.9. The molecule has 0 aromatic carbocycles. The van der Waals surface area contributed by atoms with Crippen molar-refractivity contribution in [2.75, 3.05) is 0 Å². The summed E-state index contributed by atoms with van der Waals surface area (Å²) in [7, 11) is 0. The van der Waals surface area contributed by atoms with E-state index in [0.29, 0.717) is 11.3 Å². The third kappa shape index (κ3) is 3.39. The lowest BCUT2D eigenvalue weighted by atomic mass is 9.75. The molecule has 0 aromatic heterocycles. The number of rotatable bonds is 6. The molecule has 28 heavy (non-hydrogen) atoms. The van der Waals surface area contributed by atoms with Crippen molar-refractivity contribution in [2.45, 2.75) is 50.8 Å². The molecule has 0 bridgehead atoms. The van der Waals surface area contributed by atoms with Gasteiger partial charge in [0.2, 0.25) is 29.1 Å². The normalized spacial score (nSPS) is 32.6. The maximum absolute atomic E-state index is 13.0. The number of esters is 1. The number of hydrogen-bond acceptors (Lipinski definition) is 7. The lowest BCUT2D eigenvalue weighted by Gasteiger charge is -2.33. The summed E-state index contributed by atoms with van der Waals surface area (Å²) in [6.07, 6.45) is 11.5. The number of aliphatic hydroxyl groups is 1. The van der Waals surface area contributed by atoms with Crippen LogP contribution >= 0.6 is 0 Å². The molecular weight excluding hydrogens is 364 g/mol. The molecule has 3 aliphatic rings. The molecule has 2 unspecified atom stereocenters. The SMILES string of the molecule is C/C=C/C=C/C=C/C1=CC2=CC(=O)[C@](C)(OC(=O)C[C@H](C)O)C(=O)C23OC3O1. The molecule has 1 N–H and O–H groups in total. The van der Waals surface area contributed by atoms with E-state index in [-0.39, 0.29) is 6.42 Å². The van der Waals surface area contributed by atoms with Gasteiger partial charge in [-0.15, -0.1) is 0 Å². The van der Waals surface area contributed by atoms with Crippen molar-refractivity contribution in [1.29, 1.82) is 0 Å². The fraction of sp³-hybridized carbons (Fsp3) is 0.381. The van der Waals surface area contributed by atoms with Gasteiger partial charge >= 0.3 is 5.97 Å². The third-order valence-electron chi connectivity index (χ3n) is 4.63. The van der Waals surface area contributed by atoms with Gasteiger partial charge in [0.15, 0.2) is 0 Å². The maximum Gasteiger partial charge on any atom is 0.309 e. The van der Waals surface area contributed by atoms with Crippen LogP contribution in [0.3, 0.4) is 0 Å². The highest BCUT2D eigenvalue weighted by atomic mass is 16.8. The predicted octanol–water partition coefficient (Wildman–Crippen LogP) is 1.84. The van der Waals surface area contributed by atoms with Gasteiger partial charge in [-0.25, -0.2) is 0 Å². The van der Waals surface area contributed by atoms with E-state index in [2.05, 4.69) is 0 Å². The highest BCUT2D eigenvalue weighted by Gasteiger charge is 2.75. The molecule has 0 saturated carbocycles. The number of ketones is 2. The van der Waals surface area contributed by atoms with Crippen molar-refractivity contribution < 1.29 is 33.7 Å². The molecule has 3 rings (SSSR count). The Morgan fingerprint density at radius 2 is 2.00 bits per heavy atom. The first-order valence-corrected chi connectivity index (χ1v) is 8.97. The minimum Gasteiger partial charge on any atom is -0.461 e. The van der Waals surface area contributed by atoms with Crippen molar-refractivity contribution in [3.05, 3.63) is 59.9 Å². The monoisotopic (exact) mass is 386 g/mol. The van der Waals surface area contributed by atoms with Crippen LogP contribution in [-0.4, -0.2) is 46.2 Å². The second-order valence-corrected chi connectivity index (χ2v) is 6.97. The quantitative estimate of drug-likeness (QED) is 0.322. The van der Waals surface area contributed by atoms with E-state index >= 15 is 0 Å². The average molecular weight is 386 g/mol. The van der Waals surface area contributed by atoms with Crippen LogP contribution in [0.15, 0.2) is 59.9 Å². The second-order valence-electron chi connectivity index (χ2n) is 6.97. The van der Waals surface area contributed by atoms with E-state index in [0.717, 1.165) is 0 Å². The molecule has 2 heterocycles. The largest absolute Gasteiger partial charge is 0.461 e. The van der Waals surface area contributed by atoms with Crippen molar-refractivity contribution in [2.24, 2.45) is 0 Å². The molecule has 1 aliphatic carbocycles. The number of Topliss-reactive ketones (excluding diaryl/α,β-unsaturated/α-hetero) is 1. The van der Waals surface area contributed by atoms with Crippen LogP contribution in [0.4, 0.5) is 0 Å². The van der Waals surface area contributed by atoms with Gasteiger partial charge in [-0.1, -0.05) is 30.4 Å². The molecule has 0 aromatic rings. The van der Waals surface area contributed by atoms with Crippen LogP contribution in [0.2, 0.25) is 0 Å². The van der Waals surface area contributed by atoms with E-state index in [1.807, 2.05) is 31.2 Å². The highest BCUT2D eigenvalue weighted by molar-refractivity contribution is 6.23. The first kappa shape index (κ1) is 20.0. The van der Waals surface area contributed by atoms with Gasteiger partial charge in [0.05, 0.1) is 12.5 Å². The van der Waals surface area contributed by atoms with Crippen molar-refractivity contribution in [1.82, 2.24) is 0 Å². The molecule has 7 nitrogen and oxygen atoms in total. The van der Waals surface area contributed by atoms with E-state index in [4.69, 9.17) is 14.2 Å². The predicted molar refractivity (Wildman–Crippen MR) is 98.8 cm³/mol. The summed E-state index contributed by atoms with van der Waals surface area (Å²) in [4.78, 5) is 37.6. The van der Waals surface area contributed by atoms with Gasteiger partial charge < -0.3 is 19.3 Å². The number of ether oxygens (including phenoxy) is 3. The van der Waals surface area contributed by atoms with Gasteiger partial charge in [0, 0.05) is 5.57 Å². The van der Waals surface area contributed by atoms with Crippen LogP contribution in [0.5, 0.6) is 0 Å². The summed E-state index contributed by atoms with van der Waals surface area (Å²) in [5.41, 5.74) is -3.07. The minimum absolute atomic E-state index is 0.323. The topological polar surface area (TPSA) is 102 Å². The lowest BCUT2D eigenvalue weighted by molar-refractivity contribution is -0.173. The van der Waals surface area contributed by atoms with E-state index in [1.54, 1.807) is 18.2 Å². The Kier molecular flexibility index (Phi) is 5.23. The Bertz CT molecular complexity index is 858. The van der Waals surface area contributed by atoms with Crippen LogP contribution < -0.4 is 0 Å². The van der Waals surface area contributed by atoms with Gasteiger partial charge in [0.1, 0.15) is 5.76 Å². The molecule has 2 aliphatic heterocycles. The standard InChI is InChI=1S/C21H22O7/c1-4-5-6-7-8-9-15-11-14-12-16(23)20(3,27-17(24)10-13(2)22)18(25)21(14)19(26-15)28-21/h4-9,11-13,19,22H,10H2,1-3H3/b5-4+,7-6+,9-8+/t13-,19?,20-,21?/m0/s1. The fourth-order valence-corrected chi connectivity index (χ4v) is 3.13. The van der Waals surface area contributed by atoms with E-state index in [9.17, 15) is 19.5 Å². The number of allylic oxidation sites excluding steroid dienone is 6. The average Bonchev–Trinajstić information content (AvgIpc) is 3.34. The number of hydrogen-bond donors (Lipinski definition) is 1.